The second kappa shape index (κ2) is 7.12. The zero-order valence-electron chi connectivity index (χ0n) is 18.5. The average molecular weight is 484 g/mol. The van der Waals surface area contributed by atoms with Crippen LogP contribution in [-0.4, -0.2) is 45.2 Å². The molecule has 0 bridgehead atoms. The van der Waals surface area contributed by atoms with Crippen molar-refractivity contribution >= 4 is 58.0 Å². The minimum Gasteiger partial charge on any atom is -0.420 e. The van der Waals surface area contributed by atoms with E-state index in [0.717, 1.165) is 12.4 Å². The molecule has 0 fully saturated rings. The second-order valence-corrected chi connectivity index (χ2v) is 8.09. The molecular weight excluding hydrogens is 472 g/mol. The minimum atomic E-state index is -0.797. The number of carbonyl (C=O) groups excluding carboxylic acids is 6. The summed E-state index contributed by atoms with van der Waals surface area (Å²) >= 11 is 0. The highest BCUT2D eigenvalue weighted by Crippen LogP contribution is 2.39. The van der Waals surface area contributed by atoms with E-state index in [-0.39, 0.29) is 56.6 Å². The SMILES string of the molecule is CC(=O)c1cnc(N2C(=O)c3ccc4c5c(ccc(c35)C2=O)C(=O)N(c2ncc(C(C)=O)o2)C4=O)o1. The summed E-state index contributed by atoms with van der Waals surface area (Å²) < 4.78 is 10.6. The van der Waals surface area contributed by atoms with Gasteiger partial charge in [-0.05, 0) is 24.3 Å². The van der Waals surface area contributed by atoms with Crippen molar-refractivity contribution in [2.45, 2.75) is 13.8 Å². The van der Waals surface area contributed by atoms with Crippen LogP contribution in [0.5, 0.6) is 0 Å². The Hall–Kier alpha value is -5.26. The molecule has 2 aromatic heterocycles. The van der Waals surface area contributed by atoms with Crippen LogP contribution in [-0.2, 0) is 0 Å². The topological polar surface area (TPSA) is 161 Å². The number of carbonyl (C=O) groups is 6. The summed E-state index contributed by atoms with van der Waals surface area (Å²) in [6.45, 7) is 2.50. The third kappa shape index (κ3) is 2.69. The largest absolute Gasteiger partial charge is 0.420 e. The standard InChI is InChI=1S/C24H12N4O8/c1-9(29)15-7-25-23(35-15)27-19(31)11-3-5-13-18-14(6-4-12(17(11)18)20(27)32)22(34)28(21(13)33)24-26-8-16(36-24)10(2)30/h3-8H,1-2H3. The van der Waals surface area contributed by atoms with Gasteiger partial charge in [0.05, 0.1) is 12.4 Å². The van der Waals surface area contributed by atoms with E-state index in [1.165, 1.54) is 38.1 Å². The molecule has 2 aliphatic rings. The second-order valence-electron chi connectivity index (χ2n) is 8.09. The fourth-order valence-electron chi connectivity index (χ4n) is 4.28. The molecule has 2 aromatic carbocycles. The number of hydrogen-bond donors (Lipinski definition) is 0. The van der Waals surface area contributed by atoms with Gasteiger partial charge in [0.15, 0.2) is 23.1 Å². The molecule has 0 N–H and O–H groups in total. The van der Waals surface area contributed by atoms with Gasteiger partial charge >= 0.3 is 12.0 Å². The van der Waals surface area contributed by atoms with Crippen molar-refractivity contribution in [1.29, 1.82) is 0 Å². The maximum Gasteiger partial charge on any atom is 0.312 e. The Morgan fingerprint density at radius 1 is 0.611 bits per heavy atom. The molecule has 4 aromatic rings. The Bertz CT molecular complexity index is 1550. The lowest BCUT2D eigenvalue weighted by Gasteiger charge is -2.29. The molecule has 0 aliphatic carbocycles. The molecule has 0 unspecified atom stereocenters. The smallest absolute Gasteiger partial charge is 0.312 e. The van der Waals surface area contributed by atoms with Crippen LogP contribution in [0.25, 0.3) is 10.8 Å². The number of benzene rings is 2. The first kappa shape index (κ1) is 21.3. The van der Waals surface area contributed by atoms with E-state index < -0.39 is 35.2 Å². The Balaban J connectivity index is 1.51. The summed E-state index contributed by atoms with van der Waals surface area (Å²) in [7, 11) is 0. The zero-order chi connectivity index (χ0) is 25.5. The molecule has 36 heavy (non-hydrogen) atoms. The average Bonchev–Trinajstić information content (AvgIpc) is 3.52. The Morgan fingerprint density at radius 3 is 1.17 bits per heavy atom. The molecule has 0 spiro atoms. The number of imide groups is 2. The predicted octanol–water partition coefficient (Wildman–Crippen LogP) is 2.82. The molecule has 4 heterocycles. The maximum atomic E-state index is 13.3. The zero-order valence-corrected chi connectivity index (χ0v) is 18.5. The fraction of sp³-hybridized carbons (Fsp3) is 0.0833. The highest BCUT2D eigenvalue weighted by atomic mass is 16.4. The number of ketones is 2. The monoisotopic (exact) mass is 484 g/mol. The molecular formula is C24H12N4O8. The summed E-state index contributed by atoms with van der Waals surface area (Å²) in [4.78, 5) is 85.6. The van der Waals surface area contributed by atoms with E-state index in [4.69, 9.17) is 8.83 Å². The molecule has 12 nitrogen and oxygen atoms in total. The fourth-order valence-corrected chi connectivity index (χ4v) is 4.28. The normalized spacial score (nSPS) is 14.7. The van der Waals surface area contributed by atoms with Crippen molar-refractivity contribution in [3.8, 4) is 0 Å². The number of rotatable bonds is 4. The van der Waals surface area contributed by atoms with Crippen molar-refractivity contribution in [2.75, 3.05) is 9.80 Å². The van der Waals surface area contributed by atoms with Crippen molar-refractivity contribution in [3.05, 3.63) is 70.4 Å². The molecule has 0 saturated heterocycles. The van der Waals surface area contributed by atoms with Gasteiger partial charge in [-0.3, -0.25) is 28.8 Å². The van der Waals surface area contributed by atoms with Gasteiger partial charge in [0.2, 0.25) is 0 Å². The first-order valence-electron chi connectivity index (χ1n) is 10.5. The van der Waals surface area contributed by atoms with E-state index >= 15 is 0 Å². The van der Waals surface area contributed by atoms with Crippen molar-refractivity contribution in [3.63, 3.8) is 0 Å². The molecule has 0 atom stereocenters. The van der Waals surface area contributed by atoms with E-state index in [1.54, 1.807) is 0 Å². The number of hydrogen-bond acceptors (Lipinski definition) is 10. The van der Waals surface area contributed by atoms with Gasteiger partial charge in [0.1, 0.15) is 0 Å². The van der Waals surface area contributed by atoms with Gasteiger partial charge in [-0.25, -0.2) is 9.97 Å². The summed E-state index contributed by atoms with van der Waals surface area (Å²) in [6.07, 6.45) is 2.22. The van der Waals surface area contributed by atoms with Crippen LogP contribution in [0.1, 0.15) is 76.4 Å². The molecule has 4 amide bonds. The lowest BCUT2D eigenvalue weighted by atomic mass is 9.86. The summed E-state index contributed by atoms with van der Waals surface area (Å²) in [5.74, 6) is -4.32. The number of amides is 4. The van der Waals surface area contributed by atoms with Crippen molar-refractivity contribution in [1.82, 2.24) is 9.97 Å². The van der Waals surface area contributed by atoms with Crippen LogP contribution < -0.4 is 9.80 Å². The first-order chi connectivity index (χ1) is 17.2. The van der Waals surface area contributed by atoms with Gasteiger partial charge in [-0.1, -0.05) is 0 Å². The van der Waals surface area contributed by atoms with E-state index in [2.05, 4.69) is 9.97 Å². The lowest BCUT2D eigenvalue weighted by Crippen LogP contribution is -2.43. The summed E-state index contributed by atoms with van der Waals surface area (Å²) in [5.41, 5.74) is 0.155. The Labute approximate surface area is 200 Å². The van der Waals surface area contributed by atoms with Gasteiger partial charge in [-0.15, -0.1) is 0 Å². The molecule has 0 saturated carbocycles. The van der Waals surface area contributed by atoms with Gasteiger partial charge in [0, 0.05) is 46.9 Å². The predicted molar refractivity (Wildman–Crippen MR) is 119 cm³/mol. The van der Waals surface area contributed by atoms with Crippen LogP contribution in [0.3, 0.4) is 0 Å². The minimum absolute atomic E-state index is 0.0387. The first-order valence-corrected chi connectivity index (χ1v) is 10.5. The van der Waals surface area contributed by atoms with Crippen LogP contribution in [0, 0.1) is 0 Å². The number of nitrogens with zero attached hydrogens (tertiary/aromatic N) is 4. The summed E-state index contributed by atoms with van der Waals surface area (Å²) in [5, 5.41) is 0.264. The van der Waals surface area contributed by atoms with E-state index in [0.29, 0.717) is 9.80 Å². The van der Waals surface area contributed by atoms with Crippen molar-refractivity contribution in [2.24, 2.45) is 0 Å². The van der Waals surface area contributed by atoms with Gasteiger partial charge in [-0.2, -0.15) is 9.80 Å². The van der Waals surface area contributed by atoms with Crippen molar-refractivity contribution < 1.29 is 37.6 Å². The van der Waals surface area contributed by atoms with Crippen LogP contribution >= 0.6 is 0 Å². The molecule has 0 radical (unpaired) electrons. The van der Waals surface area contributed by atoms with Crippen LogP contribution in [0.2, 0.25) is 0 Å². The maximum absolute atomic E-state index is 13.3. The lowest BCUT2D eigenvalue weighted by molar-refractivity contribution is 0.0862. The van der Waals surface area contributed by atoms with Gasteiger partial charge in [0.25, 0.3) is 23.6 Å². The third-order valence-corrected chi connectivity index (χ3v) is 5.96. The molecule has 6 rings (SSSR count). The number of anilines is 2. The third-order valence-electron chi connectivity index (χ3n) is 5.96. The molecule has 176 valence electrons. The Kier molecular flexibility index (Phi) is 4.21. The quantitative estimate of drug-likeness (QED) is 0.311. The summed E-state index contributed by atoms with van der Waals surface area (Å²) in [6, 6.07) is 4.65. The Morgan fingerprint density at radius 2 is 0.917 bits per heavy atom. The highest BCUT2D eigenvalue weighted by Gasteiger charge is 2.43. The number of aromatic nitrogens is 2. The highest BCUT2D eigenvalue weighted by molar-refractivity contribution is 6.41. The molecule has 2 aliphatic heterocycles. The van der Waals surface area contributed by atoms with E-state index in [1.807, 2.05) is 0 Å². The number of oxazole rings is 2. The van der Waals surface area contributed by atoms with E-state index in [9.17, 15) is 28.8 Å². The van der Waals surface area contributed by atoms with Crippen LogP contribution in [0.15, 0.2) is 45.5 Å². The molecule has 12 heteroatoms. The van der Waals surface area contributed by atoms with Crippen LogP contribution in [0.4, 0.5) is 12.0 Å². The number of Topliss-reactive ketones (excluding diaryl/α,β-unsaturated/α-hetero) is 2. The van der Waals surface area contributed by atoms with Gasteiger partial charge < -0.3 is 8.83 Å².